The molecule has 6 nitrogen and oxygen atoms in total. The maximum Gasteiger partial charge on any atom is 0.326 e. The summed E-state index contributed by atoms with van der Waals surface area (Å²) in [6.07, 6.45) is -0.439. The van der Waals surface area contributed by atoms with Crippen LogP contribution in [0.5, 0.6) is 0 Å². The average Bonchev–Trinajstić information content (AvgIpc) is 2.31. The summed E-state index contributed by atoms with van der Waals surface area (Å²) in [6.45, 7) is 3.62. The zero-order valence-electron chi connectivity index (χ0n) is 10.8. The van der Waals surface area contributed by atoms with Crippen LogP contribution in [-0.2, 0) is 9.59 Å². The summed E-state index contributed by atoms with van der Waals surface area (Å²) in [5.41, 5.74) is 7.02. The SMILES string of the molecule is Cc1cccc(C(=O)N[C@H](CC(N)=O)C(=O)O)c1C. The highest BCUT2D eigenvalue weighted by Gasteiger charge is 2.23. The van der Waals surface area contributed by atoms with Crippen molar-refractivity contribution in [3.63, 3.8) is 0 Å². The molecule has 4 N–H and O–H groups in total. The molecule has 0 heterocycles. The van der Waals surface area contributed by atoms with Crippen LogP contribution in [0.15, 0.2) is 18.2 Å². The normalized spacial score (nSPS) is 11.7. The lowest BCUT2D eigenvalue weighted by molar-refractivity contribution is -0.140. The number of amides is 2. The average molecular weight is 264 g/mol. The molecule has 1 aromatic rings. The Morgan fingerprint density at radius 1 is 1.32 bits per heavy atom. The number of carboxylic acids is 1. The van der Waals surface area contributed by atoms with Crippen molar-refractivity contribution in [2.75, 3.05) is 0 Å². The van der Waals surface area contributed by atoms with E-state index in [1.54, 1.807) is 19.1 Å². The van der Waals surface area contributed by atoms with E-state index in [-0.39, 0.29) is 0 Å². The highest BCUT2D eigenvalue weighted by atomic mass is 16.4. The minimum Gasteiger partial charge on any atom is -0.480 e. The van der Waals surface area contributed by atoms with Crippen LogP contribution < -0.4 is 11.1 Å². The first-order valence-electron chi connectivity index (χ1n) is 5.71. The van der Waals surface area contributed by atoms with Gasteiger partial charge in [0.25, 0.3) is 5.91 Å². The molecule has 19 heavy (non-hydrogen) atoms. The molecule has 0 saturated carbocycles. The van der Waals surface area contributed by atoms with Gasteiger partial charge in [0.1, 0.15) is 6.04 Å². The monoisotopic (exact) mass is 264 g/mol. The summed E-state index contributed by atoms with van der Waals surface area (Å²) < 4.78 is 0. The number of carbonyl (C=O) groups is 3. The summed E-state index contributed by atoms with van der Waals surface area (Å²) >= 11 is 0. The second-order valence-corrected chi connectivity index (χ2v) is 4.28. The van der Waals surface area contributed by atoms with Crippen molar-refractivity contribution in [1.29, 1.82) is 0 Å². The number of hydrogen-bond acceptors (Lipinski definition) is 3. The van der Waals surface area contributed by atoms with Crippen LogP contribution in [0, 0.1) is 13.8 Å². The molecule has 0 bridgehead atoms. The molecule has 1 rings (SSSR count). The molecule has 0 spiro atoms. The van der Waals surface area contributed by atoms with Crippen molar-refractivity contribution in [1.82, 2.24) is 5.32 Å². The van der Waals surface area contributed by atoms with E-state index in [0.717, 1.165) is 11.1 Å². The van der Waals surface area contributed by atoms with E-state index in [1.165, 1.54) is 0 Å². The maximum atomic E-state index is 12.0. The van der Waals surface area contributed by atoms with Gasteiger partial charge >= 0.3 is 5.97 Å². The Balaban J connectivity index is 2.91. The van der Waals surface area contributed by atoms with Gasteiger partial charge in [-0.2, -0.15) is 0 Å². The Morgan fingerprint density at radius 2 is 1.95 bits per heavy atom. The van der Waals surface area contributed by atoms with Crippen molar-refractivity contribution >= 4 is 17.8 Å². The lowest BCUT2D eigenvalue weighted by Gasteiger charge is -2.14. The summed E-state index contributed by atoms with van der Waals surface area (Å²) in [7, 11) is 0. The van der Waals surface area contributed by atoms with E-state index in [0.29, 0.717) is 5.56 Å². The minimum absolute atomic E-state index is 0.385. The van der Waals surface area contributed by atoms with Gasteiger partial charge in [-0.05, 0) is 31.0 Å². The summed E-state index contributed by atoms with van der Waals surface area (Å²) in [5, 5.41) is 11.2. The molecule has 6 heteroatoms. The molecule has 0 aromatic heterocycles. The van der Waals surface area contributed by atoms with Crippen LogP contribution in [0.3, 0.4) is 0 Å². The van der Waals surface area contributed by atoms with Crippen LogP contribution in [0.4, 0.5) is 0 Å². The number of rotatable bonds is 5. The number of benzene rings is 1. The Hall–Kier alpha value is -2.37. The molecule has 1 atom stereocenters. The van der Waals surface area contributed by atoms with E-state index in [4.69, 9.17) is 10.8 Å². The third kappa shape index (κ3) is 3.80. The molecule has 0 radical (unpaired) electrons. The number of aryl methyl sites for hydroxylation is 1. The molecule has 102 valence electrons. The highest BCUT2D eigenvalue weighted by molar-refractivity contribution is 5.98. The van der Waals surface area contributed by atoms with Gasteiger partial charge in [-0.25, -0.2) is 4.79 Å². The Labute approximate surface area is 110 Å². The molecular formula is C13H16N2O4. The molecule has 0 fully saturated rings. The summed E-state index contributed by atoms with van der Waals surface area (Å²) in [6, 6.07) is 3.84. The van der Waals surface area contributed by atoms with Crippen LogP contribution in [0.1, 0.15) is 27.9 Å². The highest BCUT2D eigenvalue weighted by Crippen LogP contribution is 2.12. The van der Waals surface area contributed by atoms with Crippen molar-refractivity contribution in [2.24, 2.45) is 5.73 Å². The molecule has 1 aromatic carbocycles. The smallest absolute Gasteiger partial charge is 0.326 e. The fourth-order valence-electron chi connectivity index (χ4n) is 1.63. The van der Waals surface area contributed by atoms with Crippen molar-refractivity contribution < 1.29 is 19.5 Å². The van der Waals surface area contributed by atoms with Gasteiger partial charge in [0.05, 0.1) is 6.42 Å². The van der Waals surface area contributed by atoms with Gasteiger partial charge < -0.3 is 16.2 Å². The number of aliphatic carboxylic acids is 1. The summed E-state index contributed by atoms with van der Waals surface area (Å²) in [4.78, 5) is 33.7. The second-order valence-electron chi connectivity index (χ2n) is 4.28. The van der Waals surface area contributed by atoms with E-state index < -0.39 is 30.2 Å². The maximum absolute atomic E-state index is 12.0. The second kappa shape index (κ2) is 5.99. The van der Waals surface area contributed by atoms with Crippen LogP contribution >= 0.6 is 0 Å². The standard InChI is InChI=1S/C13H16N2O4/c1-7-4-3-5-9(8(7)2)12(17)15-10(13(18)19)6-11(14)16/h3-5,10H,6H2,1-2H3,(H2,14,16)(H,15,17)(H,18,19)/t10-/m1/s1. The van der Waals surface area contributed by atoms with E-state index in [9.17, 15) is 14.4 Å². The number of hydrogen-bond donors (Lipinski definition) is 3. The Kier molecular flexibility index (Phi) is 4.63. The Morgan fingerprint density at radius 3 is 2.47 bits per heavy atom. The van der Waals surface area contributed by atoms with Gasteiger partial charge in [0, 0.05) is 5.56 Å². The minimum atomic E-state index is -1.31. The lowest BCUT2D eigenvalue weighted by atomic mass is 10.0. The van der Waals surface area contributed by atoms with Gasteiger partial charge in [0.15, 0.2) is 0 Å². The molecule has 2 amide bonds. The number of carboxylic acid groups (broad SMARTS) is 1. The van der Waals surface area contributed by atoms with Crippen molar-refractivity contribution in [3.05, 3.63) is 34.9 Å². The van der Waals surface area contributed by atoms with E-state index in [1.807, 2.05) is 13.0 Å². The third-order valence-corrected chi connectivity index (χ3v) is 2.86. The predicted molar refractivity (Wildman–Crippen MR) is 68.6 cm³/mol. The number of primary amides is 1. The largest absolute Gasteiger partial charge is 0.480 e. The number of nitrogens with one attached hydrogen (secondary N) is 1. The lowest BCUT2D eigenvalue weighted by Crippen LogP contribution is -2.43. The first-order valence-corrected chi connectivity index (χ1v) is 5.71. The fraction of sp³-hybridized carbons (Fsp3) is 0.308. The van der Waals surface area contributed by atoms with Gasteiger partial charge in [-0.1, -0.05) is 12.1 Å². The van der Waals surface area contributed by atoms with E-state index in [2.05, 4.69) is 5.32 Å². The zero-order chi connectivity index (χ0) is 14.6. The van der Waals surface area contributed by atoms with Gasteiger partial charge in [-0.3, -0.25) is 9.59 Å². The molecule has 0 aliphatic heterocycles. The molecule has 0 saturated heterocycles. The number of nitrogens with two attached hydrogens (primary N) is 1. The van der Waals surface area contributed by atoms with Crippen LogP contribution in [-0.4, -0.2) is 28.9 Å². The Bertz CT molecular complexity index is 525. The zero-order valence-corrected chi connectivity index (χ0v) is 10.8. The van der Waals surface area contributed by atoms with E-state index >= 15 is 0 Å². The predicted octanol–water partition coefficient (Wildman–Crippen LogP) is 0.362. The molecule has 0 unspecified atom stereocenters. The fourth-order valence-corrected chi connectivity index (χ4v) is 1.63. The first-order chi connectivity index (χ1) is 8.82. The topological polar surface area (TPSA) is 109 Å². The molecular weight excluding hydrogens is 248 g/mol. The van der Waals surface area contributed by atoms with Crippen molar-refractivity contribution in [2.45, 2.75) is 26.3 Å². The quantitative estimate of drug-likeness (QED) is 0.713. The van der Waals surface area contributed by atoms with Gasteiger partial charge in [-0.15, -0.1) is 0 Å². The number of carbonyl (C=O) groups excluding carboxylic acids is 2. The van der Waals surface area contributed by atoms with Crippen LogP contribution in [0.2, 0.25) is 0 Å². The van der Waals surface area contributed by atoms with Crippen molar-refractivity contribution in [3.8, 4) is 0 Å². The summed E-state index contributed by atoms with van der Waals surface area (Å²) in [5.74, 6) is -2.61. The van der Waals surface area contributed by atoms with Gasteiger partial charge in [0.2, 0.25) is 5.91 Å². The molecule has 0 aliphatic carbocycles. The first kappa shape index (κ1) is 14.7. The van der Waals surface area contributed by atoms with Crippen LogP contribution in [0.25, 0.3) is 0 Å². The third-order valence-electron chi connectivity index (χ3n) is 2.86. The molecule has 0 aliphatic rings.